The van der Waals surface area contributed by atoms with E-state index < -0.39 is 0 Å². The summed E-state index contributed by atoms with van der Waals surface area (Å²) >= 11 is 0. The molecule has 0 aliphatic heterocycles. The van der Waals surface area contributed by atoms with Crippen molar-refractivity contribution in [1.82, 2.24) is 9.78 Å². The smallest absolute Gasteiger partial charge is 0.306 e. The van der Waals surface area contributed by atoms with E-state index in [2.05, 4.69) is 10.4 Å². The number of aromatic nitrogens is 2. The van der Waals surface area contributed by atoms with Crippen LogP contribution in [0.25, 0.3) is 5.69 Å². The van der Waals surface area contributed by atoms with Gasteiger partial charge in [-0.25, -0.2) is 4.68 Å². The lowest BCUT2D eigenvalue weighted by Crippen LogP contribution is -2.22. The van der Waals surface area contributed by atoms with Crippen molar-refractivity contribution in [3.8, 4) is 5.69 Å². The fourth-order valence-electron chi connectivity index (χ4n) is 2.27. The Balaban J connectivity index is 1.97. The highest BCUT2D eigenvalue weighted by molar-refractivity contribution is 5.92. The highest BCUT2D eigenvalue weighted by atomic mass is 16.5. The Morgan fingerprint density at radius 2 is 1.88 bits per heavy atom. The van der Waals surface area contributed by atoms with Crippen LogP contribution in [0.3, 0.4) is 0 Å². The van der Waals surface area contributed by atoms with Crippen LogP contribution in [0.15, 0.2) is 30.3 Å². The first-order valence-electron chi connectivity index (χ1n) is 8.44. The lowest BCUT2D eigenvalue weighted by Gasteiger charge is -2.10. The van der Waals surface area contributed by atoms with Crippen molar-refractivity contribution in [3.63, 3.8) is 0 Å². The van der Waals surface area contributed by atoms with Crippen LogP contribution in [0.4, 0.5) is 5.82 Å². The first-order valence-corrected chi connectivity index (χ1v) is 8.44. The van der Waals surface area contributed by atoms with Crippen LogP contribution in [-0.4, -0.2) is 28.3 Å². The standard InChI is InChI=1S/C19H25N3O3/c1-13(2)5-10-19(24)25-12-18(23)20-17-11-15(4)21-22(17)16-8-6-14(3)7-9-16/h6-9,11,13H,5,10,12H2,1-4H3,(H,20,23). The third-order valence-corrected chi connectivity index (χ3v) is 3.67. The van der Waals surface area contributed by atoms with Gasteiger partial charge in [0.25, 0.3) is 5.91 Å². The van der Waals surface area contributed by atoms with E-state index in [0.29, 0.717) is 18.2 Å². The average Bonchev–Trinajstić information content (AvgIpc) is 2.92. The van der Waals surface area contributed by atoms with Gasteiger partial charge in [-0.3, -0.25) is 9.59 Å². The molecule has 2 aromatic rings. The minimum Gasteiger partial charge on any atom is -0.456 e. The zero-order chi connectivity index (χ0) is 18.4. The third kappa shape index (κ3) is 5.74. The molecule has 0 saturated carbocycles. The van der Waals surface area contributed by atoms with Crippen molar-refractivity contribution >= 4 is 17.7 Å². The van der Waals surface area contributed by atoms with Gasteiger partial charge < -0.3 is 10.1 Å². The molecular formula is C19H25N3O3. The van der Waals surface area contributed by atoms with Crippen molar-refractivity contribution in [1.29, 1.82) is 0 Å². The molecule has 1 aromatic carbocycles. The van der Waals surface area contributed by atoms with E-state index in [9.17, 15) is 9.59 Å². The highest BCUT2D eigenvalue weighted by Gasteiger charge is 2.13. The molecule has 134 valence electrons. The first kappa shape index (κ1) is 18.7. The molecule has 2 rings (SSSR count). The summed E-state index contributed by atoms with van der Waals surface area (Å²) in [5.74, 6) is 0.232. The normalized spacial score (nSPS) is 10.8. The molecule has 0 bridgehead atoms. The van der Waals surface area contributed by atoms with Crippen LogP contribution in [0.5, 0.6) is 0 Å². The lowest BCUT2D eigenvalue weighted by atomic mass is 10.1. The summed E-state index contributed by atoms with van der Waals surface area (Å²) in [6, 6.07) is 9.61. The predicted molar refractivity (Wildman–Crippen MR) is 96.7 cm³/mol. The second-order valence-electron chi connectivity index (χ2n) is 6.56. The minimum atomic E-state index is -0.383. The van der Waals surface area contributed by atoms with Gasteiger partial charge in [-0.1, -0.05) is 31.5 Å². The number of hydrogen-bond acceptors (Lipinski definition) is 4. The maximum Gasteiger partial charge on any atom is 0.306 e. The molecule has 1 aromatic heterocycles. The van der Waals surface area contributed by atoms with Crippen molar-refractivity contribution in [2.75, 3.05) is 11.9 Å². The molecule has 6 heteroatoms. The largest absolute Gasteiger partial charge is 0.456 e. The minimum absolute atomic E-state index is 0.297. The van der Waals surface area contributed by atoms with E-state index in [1.807, 2.05) is 52.0 Å². The van der Waals surface area contributed by atoms with E-state index in [-0.39, 0.29) is 18.5 Å². The molecule has 0 unspecified atom stereocenters. The summed E-state index contributed by atoms with van der Waals surface area (Å²) in [5, 5.41) is 7.15. The van der Waals surface area contributed by atoms with Crippen LogP contribution >= 0.6 is 0 Å². The topological polar surface area (TPSA) is 73.2 Å². The van der Waals surface area contributed by atoms with E-state index in [1.54, 1.807) is 10.7 Å². The van der Waals surface area contributed by atoms with E-state index in [4.69, 9.17) is 4.74 Å². The molecule has 0 radical (unpaired) electrons. The van der Waals surface area contributed by atoms with Gasteiger partial charge in [-0.2, -0.15) is 5.10 Å². The van der Waals surface area contributed by atoms with Crippen LogP contribution in [-0.2, 0) is 14.3 Å². The number of carbonyl (C=O) groups excluding carboxylic acids is 2. The first-order chi connectivity index (χ1) is 11.8. The van der Waals surface area contributed by atoms with Crippen molar-refractivity contribution in [3.05, 3.63) is 41.6 Å². The van der Waals surface area contributed by atoms with E-state index in [1.165, 1.54) is 0 Å². The number of benzene rings is 1. The molecule has 1 heterocycles. The fraction of sp³-hybridized carbons (Fsp3) is 0.421. The average molecular weight is 343 g/mol. The van der Waals surface area contributed by atoms with Crippen molar-refractivity contribution < 1.29 is 14.3 Å². The van der Waals surface area contributed by atoms with Gasteiger partial charge in [-0.15, -0.1) is 0 Å². The number of nitrogens with one attached hydrogen (secondary N) is 1. The number of amides is 1. The van der Waals surface area contributed by atoms with Gasteiger partial charge in [0.2, 0.25) is 0 Å². The number of hydrogen-bond donors (Lipinski definition) is 1. The Morgan fingerprint density at radius 3 is 2.52 bits per heavy atom. The second kappa shape index (κ2) is 8.46. The van der Waals surface area contributed by atoms with Crippen LogP contribution in [0.1, 0.15) is 37.9 Å². The summed E-state index contributed by atoms with van der Waals surface area (Å²) in [4.78, 5) is 23.7. The molecular weight excluding hydrogens is 318 g/mol. The van der Waals surface area contributed by atoms with Crippen molar-refractivity contribution in [2.24, 2.45) is 5.92 Å². The van der Waals surface area contributed by atoms with Gasteiger partial charge in [0.1, 0.15) is 5.82 Å². The molecule has 0 atom stereocenters. The zero-order valence-corrected chi connectivity index (χ0v) is 15.2. The summed E-state index contributed by atoms with van der Waals surface area (Å²) in [7, 11) is 0. The number of carbonyl (C=O) groups is 2. The SMILES string of the molecule is Cc1ccc(-n2nc(C)cc2NC(=O)COC(=O)CCC(C)C)cc1. The van der Waals surface area contributed by atoms with Crippen LogP contribution in [0.2, 0.25) is 0 Å². The zero-order valence-electron chi connectivity index (χ0n) is 15.2. The molecule has 25 heavy (non-hydrogen) atoms. The monoisotopic (exact) mass is 343 g/mol. The van der Waals surface area contributed by atoms with Crippen molar-refractivity contribution in [2.45, 2.75) is 40.5 Å². The number of esters is 1. The molecule has 0 saturated heterocycles. The Bertz CT molecular complexity index is 733. The molecule has 0 spiro atoms. The molecule has 0 aliphatic carbocycles. The van der Waals surface area contributed by atoms with E-state index >= 15 is 0 Å². The Hall–Kier alpha value is -2.63. The van der Waals surface area contributed by atoms with E-state index in [0.717, 1.165) is 23.4 Å². The molecule has 0 aliphatic rings. The molecule has 6 nitrogen and oxygen atoms in total. The highest BCUT2D eigenvalue weighted by Crippen LogP contribution is 2.17. The fourth-order valence-corrected chi connectivity index (χ4v) is 2.27. The number of anilines is 1. The quantitative estimate of drug-likeness (QED) is 0.782. The second-order valence-corrected chi connectivity index (χ2v) is 6.56. The number of ether oxygens (including phenoxy) is 1. The van der Waals surface area contributed by atoms with Gasteiger partial charge in [0, 0.05) is 12.5 Å². The van der Waals surface area contributed by atoms with Crippen LogP contribution < -0.4 is 5.32 Å². The van der Waals surface area contributed by atoms with Gasteiger partial charge in [-0.05, 0) is 38.3 Å². The number of nitrogens with zero attached hydrogens (tertiary/aromatic N) is 2. The van der Waals surface area contributed by atoms with Gasteiger partial charge in [0.15, 0.2) is 6.61 Å². The maximum absolute atomic E-state index is 12.1. The Labute approximate surface area is 148 Å². The Morgan fingerprint density at radius 1 is 1.20 bits per heavy atom. The van der Waals surface area contributed by atoms with Gasteiger partial charge >= 0.3 is 5.97 Å². The summed E-state index contributed by atoms with van der Waals surface area (Å²) in [5.41, 5.74) is 2.78. The molecule has 0 fully saturated rings. The predicted octanol–water partition coefficient (Wildman–Crippen LogP) is 3.41. The summed E-state index contributed by atoms with van der Waals surface area (Å²) in [6.45, 7) is 7.64. The summed E-state index contributed by atoms with van der Waals surface area (Å²) < 4.78 is 6.67. The maximum atomic E-state index is 12.1. The third-order valence-electron chi connectivity index (χ3n) is 3.67. The van der Waals surface area contributed by atoms with Gasteiger partial charge in [0.05, 0.1) is 11.4 Å². The lowest BCUT2D eigenvalue weighted by molar-refractivity contribution is -0.147. The molecule has 1 amide bonds. The Kier molecular flexibility index (Phi) is 6.33. The number of aryl methyl sites for hydroxylation is 2. The summed E-state index contributed by atoms with van der Waals surface area (Å²) in [6.07, 6.45) is 1.07. The molecule has 1 N–H and O–H groups in total. The number of rotatable bonds is 7. The van der Waals surface area contributed by atoms with Crippen LogP contribution in [0, 0.1) is 19.8 Å².